The molecule has 78 valence electrons. The average molecular weight is 194 g/mol. The minimum Gasteiger partial charge on any atom is -0.466 e. The van der Waals surface area contributed by atoms with Crippen LogP contribution in [0, 0.1) is 5.92 Å². The summed E-state index contributed by atoms with van der Waals surface area (Å²) in [5.74, 6) is 0.140. The minimum atomic E-state index is -0.184. The van der Waals surface area contributed by atoms with Crippen LogP contribution in [0.1, 0.15) is 33.6 Å². The predicted octanol–water partition coefficient (Wildman–Crippen LogP) is 2.85. The summed E-state index contributed by atoms with van der Waals surface area (Å²) in [6.45, 7) is 6.23. The van der Waals surface area contributed by atoms with Crippen molar-refractivity contribution >= 4 is 5.97 Å². The lowest BCUT2D eigenvalue weighted by Gasteiger charge is -2.21. The molecule has 0 bridgehead atoms. The van der Waals surface area contributed by atoms with Crippen LogP contribution in [0.25, 0.3) is 0 Å². The first-order valence-electron chi connectivity index (χ1n) is 5.02. The molecule has 0 saturated heterocycles. The number of ether oxygens (including phenoxy) is 1. The van der Waals surface area contributed by atoms with Crippen molar-refractivity contribution in [3.63, 3.8) is 0 Å². The van der Waals surface area contributed by atoms with Gasteiger partial charge in [-0.05, 0) is 44.3 Å². The molecule has 0 aromatic heterocycles. The van der Waals surface area contributed by atoms with E-state index in [-0.39, 0.29) is 5.97 Å². The number of carbonyl (C=O) groups is 1. The summed E-state index contributed by atoms with van der Waals surface area (Å²) in [6.07, 6.45) is 4.11. The molecule has 2 heteroatoms. The van der Waals surface area contributed by atoms with Gasteiger partial charge in [0.25, 0.3) is 0 Å². The van der Waals surface area contributed by atoms with E-state index in [1.54, 1.807) is 0 Å². The number of allylic oxidation sites excluding steroid dienone is 3. The van der Waals surface area contributed by atoms with Gasteiger partial charge in [-0.15, -0.1) is 0 Å². The first-order chi connectivity index (χ1) is 6.56. The van der Waals surface area contributed by atoms with Crippen LogP contribution in [0.5, 0.6) is 0 Å². The largest absolute Gasteiger partial charge is 0.466 e. The highest BCUT2D eigenvalue weighted by Gasteiger charge is 2.22. The van der Waals surface area contributed by atoms with E-state index in [4.69, 9.17) is 4.74 Å². The molecule has 0 aliphatic heterocycles. The van der Waals surface area contributed by atoms with Gasteiger partial charge in [0.2, 0.25) is 0 Å². The molecule has 0 amide bonds. The van der Waals surface area contributed by atoms with Crippen molar-refractivity contribution in [3.05, 3.63) is 22.8 Å². The second-order valence-corrected chi connectivity index (χ2v) is 4.06. The van der Waals surface area contributed by atoms with Gasteiger partial charge in [0.15, 0.2) is 0 Å². The van der Waals surface area contributed by atoms with Crippen molar-refractivity contribution in [1.82, 2.24) is 0 Å². The summed E-state index contributed by atoms with van der Waals surface area (Å²) in [7, 11) is 1.44. The Bertz CT molecular complexity index is 293. The molecule has 0 saturated carbocycles. The average Bonchev–Trinajstić information content (AvgIpc) is 2.17. The third-order valence-corrected chi connectivity index (χ3v) is 2.77. The Morgan fingerprint density at radius 1 is 1.50 bits per heavy atom. The fourth-order valence-electron chi connectivity index (χ4n) is 1.70. The maximum atomic E-state index is 11.4. The summed E-state index contributed by atoms with van der Waals surface area (Å²) in [5, 5.41) is 0. The number of carbonyl (C=O) groups excluding carboxylic acids is 1. The Morgan fingerprint density at radius 2 is 2.14 bits per heavy atom. The van der Waals surface area contributed by atoms with Gasteiger partial charge in [-0.3, -0.25) is 0 Å². The molecule has 1 rings (SSSR count). The summed E-state index contributed by atoms with van der Waals surface area (Å²) in [4.78, 5) is 11.4. The molecule has 1 aliphatic rings. The smallest absolute Gasteiger partial charge is 0.334 e. The quantitative estimate of drug-likeness (QED) is 0.600. The van der Waals surface area contributed by atoms with Crippen LogP contribution in [-0.2, 0) is 9.53 Å². The van der Waals surface area contributed by atoms with Crippen LogP contribution >= 0.6 is 0 Å². The standard InChI is InChI=1S/C12H18O2/c1-8(2)10-6-5-9(3)11(7-10)12(13)14-4/h7,9H,5-6H2,1-4H3/t9-/m1/s1. The molecule has 0 aromatic carbocycles. The SMILES string of the molecule is COC(=O)C1=CC(=C(C)C)CC[C@H]1C. The Hall–Kier alpha value is -1.05. The summed E-state index contributed by atoms with van der Waals surface area (Å²) in [5.41, 5.74) is 3.39. The Balaban J connectivity index is 3.00. The van der Waals surface area contributed by atoms with E-state index in [0.29, 0.717) is 5.92 Å². The second-order valence-electron chi connectivity index (χ2n) is 4.06. The van der Waals surface area contributed by atoms with E-state index < -0.39 is 0 Å². The highest BCUT2D eigenvalue weighted by atomic mass is 16.5. The van der Waals surface area contributed by atoms with Crippen LogP contribution < -0.4 is 0 Å². The van der Waals surface area contributed by atoms with Crippen molar-refractivity contribution < 1.29 is 9.53 Å². The molecule has 0 spiro atoms. The third kappa shape index (κ3) is 2.25. The van der Waals surface area contributed by atoms with E-state index in [1.165, 1.54) is 18.3 Å². The number of methoxy groups -OCH3 is 1. The van der Waals surface area contributed by atoms with Gasteiger partial charge >= 0.3 is 5.97 Å². The molecule has 2 nitrogen and oxygen atoms in total. The van der Waals surface area contributed by atoms with Crippen LogP contribution in [-0.4, -0.2) is 13.1 Å². The van der Waals surface area contributed by atoms with Crippen LogP contribution in [0.2, 0.25) is 0 Å². The number of hydrogen-bond donors (Lipinski definition) is 0. The van der Waals surface area contributed by atoms with E-state index in [2.05, 4.69) is 20.8 Å². The van der Waals surface area contributed by atoms with Crippen molar-refractivity contribution in [2.75, 3.05) is 7.11 Å². The zero-order chi connectivity index (χ0) is 10.7. The molecular formula is C12H18O2. The molecule has 1 aliphatic carbocycles. The summed E-state index contributed by atoms with van der Waals surface area (Å²) < 4.78 is 4.76. The number of esters is 1. The highest BCUT2D eigenvalue weighted by molar-refractivity contribution is 5.89. The zero-order valence-corrected chi connectivity index (χ0v) is 9.39. The maximum Gasteiger partial charge on any atom is 0.334 e. The highest BCUT2D eigenvalue weighted by Crippen LogP contribution is 2.29. The van der Waals surface area contributed by atoms with Gasteiger partial charge in [-0.25, -0.2) is 4.79 Å². The molecule has 1 atom stereocenters. The molecule has 0 fully saturated rings. The van der Waals surface area contributed by atoms with E-state index in [9.17, 15) is 4.79 Å². The first kappa shape index (κ1) is 11.0. The molecule has 14 heavy (non-hydrogen) atoms. The Labute approximate surface area is 85.6 Å². The van der Waals surface area contributed by atoms with Gasteiger partial charge in [-0.2, -0.15) is 0 Å². The molecular weight excluding hydrogens is 176 g/mol. The normalized spacial score (nSPS) is 21.6. The first-order valence-corrected chi connectivity index (χ1v) is 5.02. The topological polar surface area (TPSA) is 26.3 Å². The van der Waals surface area contributed by atoms with Gasteiger partial charge in [-0.1, -0.05) is 12.5 Å². The molecule has 0 N–H and O–H groups in total. The second kappa shape index (κ2) is 4.45. The van der Waals surface area contributed by atoms with E-state index in [1.807, 2.05) is 6.08 Å². The monoisotopic (exact) mass is 194 g/mol. The molecule has 0 heterocycles. The Morgan fingerprint density at radius 3 is 2.64 bits per heavy atom. The third-order valence-electron chi connectivity index (χ3n) is 2.77. The molecule has 0 unspecified atom stereocenters. The maximum absolute atomic E-state index is 11.4. The lowest BCUT2D eigenvalue weighted by Crippen LogP contribution is -2.16. The van der Waals surface area contributed by atoms with Crippen LogP contribution in [0.15, 0.2) is 22.8 Å². The van der Waals surface area contributed by atoms with Crippen LogP contribution in [0.4, 0.5) is 0 Å². The number of rotatable bonds is 1. The minimum absolute atomic E-state index is 0.184. The van der Waals surface area contributed by atoms with Gasteiger partial charge < -0.3 is 4.74 Å². The molecule has 0 radical (unpaired) electrons. The van der Waals surface area contributed by atoms with E-state index >= 15 is 0 Å². The zero-order valence-electron chi connectivity index (χ0n) is 9.39. The van der Waals surface area contributed by atoms with Gasteiger partial charge in [0, 0.05) is 5.57 Å². The fourth-order valence-corrected chi connectivity index (χ4v) is 1.70. The Kier molecular flexibility index (Phi) is 3.50. The fraction of sp³-hybridized carbons (Fsp3) is 0.583. The van der Waals surface area contributed by atoms with Crippen molar-refractivity contribution in [3.8, 4) is 0 Å². The van der Waals surface area contributed by atoms with Crippen molar-refractivity contribution in [1.29, 1.82) is 0 Å². The van der Waals surface area contributed by atoms with Crippen molar-refractivity contribution in [2.45, 2.75) is 33.6 Å². The van der Waals surface area contributed by atoms with Crippen LogP contribution in [0.3, 0.4) is 0 Å². The van der Waals surface area contributed by atoms with Gasteiger partial charge in [0.1, 0.15) is 0 Å². The van der Waals surface area contributed by atoms with E-state index in [0.717, 1.165) is 18.4 Å². The lowest BCUT2D eigenvalue weighted by atomic mass is 9.85. The lowest BCUT2D eigenvalue weighted by molar-refractivity contribution is -0.136. The number of hydrogen-bond acceptors (Lipinski definition) is 2. The predicted molar refractivity (Wildman–Crippen MR) is 56.9 cm³/mol. The summed E-state index contributed by atoms with van der Waals surface area (Å²) in [6, 6.07) is 0. The van der Waals surface area contributed by atoms with Gasteiger partial charge in [0.05, 0.1) is 7.11 Å². The van der Waals surface area contributed by atoms with Crippen molar-refractivity contribution in [2.24, 2.45) is 5.92 Å². The summed E-state index contributed by atoms with van der Waals surface area (Å²) >= 11 is 0. The molecule has 0 aromatic rings.